The topological polar surface area (TPSA) is 29.5 Å². The molecular formula is C12H23NO2. The molecule has 1 amide bonds. The summed E-state index contributed by atoms with van der Waals surface area (Å²) in [6, 6.07) is 0.407. The van der Waals surface area contributed by atoms with E-state index in [9.17, 15) is 4.79 Å². The Morgan fingerprint density at radius 3 is 2.67 bits per heavy atom. The van der Waals surface area contributed by atoms with Crippen LogP contribution in [-0.4, -0.2) is 29.2 Å². The smallest absolute Gasteiger partial charge is 0.410 e. The summed E-state index contributed by atoms with van der Waals surface area (Å²) in [6.07, 6.45) is 4.33. The van der Waals surface area contributed by atoms with Crippen LogP contribution in [-0.2, 0) is 4.74 Å². The van der Waals surface area contributed by atoms with Gasteiger partial charge in [0.15, 0.2) is 0 Å². The average Bonchev–Trinajstić information content (AvgIpc) is 2.49. The standard InChI is InChI=1S/C12H23NO2/c1-5-7-10-8-6-9-13(10)11(14)15-12(2,3)4/h10H,5-9H2,1-4H3/t10-/m1/s1. The van der Waals surface area contributed by atoms with E-state index in [1.165, 1.54) is 0 Å². The first-order chi connectivity index (χ1) is 6.94. The Kier molecular flexibility index (Phi) is 4.00. The molecule has 0 aromatic carbocycles. The van der Waals surface area contributed by atoms with Crippen molar-refractivity contribution in [1.29, 1.82) is 0 Å². The summed E-state index contributed by atoms with van der Waals surface area (Å²) >= 11 is 0. The first-order valence-electron chi connectivity index (χ1n) is 5.93. The van der Waals surface area contributed by atoms with Gasteiger partial charge in [0.2, 0.25) is 0 Å². The van der Waals surface area contributed by atoms with Crippen LogP contribution in [0.1, 0.15) is 53.4 Å². The summed E-state index contributed by atoms with van der Waals surface area (Å²) in [5.41, 5.74) is -0.379. The van der Waals surface area contributed by atoms with E-state index in [-0.39, 0.29) is 11.7 Å². The van der Waals surface area contributed by atoms with Crippen molar-refractivity contribution in [2.75, 3.05) is 6.54 Å². The van der Waals surface area contributed by atoms with Crippen LogP contribution in [0.3, 0.4) is 0 Å². The van der Waals surface area contributed by atoms with Gasteiger partial charge in [-0.15, -0.1) is 0 Å². The zero-order valence-electron chi connectivity index (χ0n) is 10.4. The quantitative estimate of drug-likeness (QED) is 0.705. The molecule has 0 unspecified atom stereocenters. The molecule has 0 aromatic heterocycles. The van der Waals surface area contributed by atoms with E-state index in [1.807, 2.05) is 25.7 Å². The van der Waals surface area contributed by atoms with Gasteiger partial charge in [-0.3, -0.25) is 0 Å². The van der Waals surface area contributed by atoms with E-state index in [1.54, 1.807) is 0 Å². The van der Waals surface area contributed by atoms with Gasteiger partial charge in [-0.25, -0.2) is 4.79 Å². The number of hydrogen-bond acceptors (Lipinski definition) is 2. The highest BCUT2D eigenvalue weighted by molar-refractivity contribution is 5.68. The molecule has 15 heavy (non-hydrogen) atoms. The lowest BCUT2D eigenvalue weighted by atomic mass is 10.1. The van der Waals surface area contributed by atoms with Gasteiger partial charge in [-0.2, -0.15) is 0 Å². The molecule has 0 saturated carbocycles. The molecule has 1 aliphatic heterocycles. The van der Waals surface area contributed by atoms with Crippen molar-refractivity contribution in [2.45, 2.75) is 65.0 Å². The van der Waals surface area contributed by atoms with Crippen LogP contribution in [0.15, 0.2) is 0 Å². The number of ether oxygens (including phenoxy) is 1. The predicted octanol–water partition coefficient (Wildman–Crippen LogP) is 3.19. The largest absolute Gasteiger partial charge is 0.444 e. The summed E-state index contributed by atoms with van der Waals surface area (Å²) in [5.74, 6) is 0. The van der Waals surface area contributed by atoms with Crippen LogP contribution in [0, 0.1) is 0 Å². The van der Waals surface area contributed by atoms with Crippen molar-refractivity contribution in [3.63, 3.8) is 0 Å². The SMILES string of the molecule is CCC[C@@H]1CCCN1C(=O)OC(C)(C)C. The third-order valence-corrected chi connectivity index (χ3v) is 2.63. The van der Waals surface area contributed by atoms with Crippen molar-refractivity contribution in [1.82, 2.24) is 4.90 Å². The molecule has 1 aliphatic rings. The molecule has 3 heteroatoms. The maximum atomic E-state index is 11.8. The molecule has 1 rings (SSSR count). The lowest BCUT2D eigenvalue weighted by Crippen LogP contribution is -2.39. The van der Waals surface area contributed by atoms with Gasteiger partial charge in [0.1, 0.15) is 5.60 Å². The second-order valence-corrected chi connectivity index (χ2v) is 5.26. The first kappa shape index (κ1) is 12.3. The van der Waals surface area contributed by atoms with Crippen molar-refractivity contribution >= 4 is 6.09 Å². The number of rotatable bonds is 2. The summed E-state index contributed by atoms with van der Waals surface area (Å²) in [5, 5.41) is 0. The van der Waals surface area contributed by atoms with Crippen LogP contribution >= 0.6 is 0 Å². The molecule has 1 atom stereocenters. The first-order valence-corrected chi connectivity index (χ1v) is 5.93. The van der Waals surface area contributed by atoms with Crippen LogP contribution in [0.5, 0.6) is 0 Å². The van der Waals surface area contributed by atoms with Gasteiger partial charge in [0.25, 0.3) is 0 Å². The fraction of sp³-hybridized carbons (Fsp3) is 0.917. The van der Waals surface area contributed by atoms with Crippen molar-refractivity contribution in [3.8, 4) is 0 Å². The number of hydrogen-bond donors (Lipinski definition) is 0. The van der Waals surface area contributed by atoms with Gasteiger partial charge < -0.3 is 9.64 Å². The van der Waals surface area contributed by atoms with E-state index >= 15 is 0 Å². The van der Waals surface area contributed by atoms with Crippen LogP contribution in [0.4, 0.5) is 4.79 Å². The van der Waals surface area contributed by atoms with Crippen molar-refractivity contribution in [2.24, 2.45) is 0 Å². The maximum Gasteiger partial charge on any atom is 0.410 e. The molecule has 1 saturated heterocycles. The van der Waals surface area contributed by atoms with E-state index < -0.39 is 0 Å². The highest BCUT2D eigenvalue weighted by atomic mass is 16.6. The summed E-state index contributed by atoms with van der Waals surface area (Å²) in [4.78, 5) is 13.7. The van der Waals surface area contributed by atoms with Gasteiger partial charge in [-0.05, 0) is 40.0 Å². The van der Waals surface area contributed by atoms with Crippen molar-refractivity contribution in [3.05, 3.63) is 0 Å². The maximum absolute atomic E-state index is 11.8. The molecule has 1 fully saturated rings. The number of carbonyl (C=O) groups is 1. The molecule has 1 heterocycles. The average molecular weight is 213 g/mol. The number of carbonyl (C=O) groups excluding carboxylic acids is 1. The molecule has 0 spiro atoms. The molecule has 0 aromatic rings. The van der Waals surface area contributed by atoms with E-state index in [0.29, 0.717) is 6.04 Å². The van der Waals surface area contributed by atoms with E-state index in [4.69, 9.17) is 4.74 Å². The molecule has 0 bridgehead atoms. The Balaban J connectivity index is 2.51. The monoisotopic (exact) mass is 213 g/mol. The Hall–Kier alpha value is -0.730. The molecule has 3 nitrogen and oxygen atoms in total. The lowest BCUT2D eigenvalue weighted by molar-refractivity contribution is 0.0220. The van der Waals surface area contributed by atoms with Gasteiger partial charge in [0.05, 0.1) is 0 Å². The third kappa shape index (κ3) is 3.73. The highest BCUT2D eigenvalue weighted by Crippen LogP contribution is 2.23. The highest BCUT2D eigenvalue weighted by Gasteiger charge is 2.31. The minimum atomic E-state index is -0.379. The zero-order valence-corrected chi connectivity index (χ0v) is 10.4. The molecule has 88 valence electrons. The Labute approximate surface area is 92.8 Å². The van der Waals surface area contributed by atoms with E-state index in [0.717, 1.165) is 32.2 Å². The molecule has 0 aliphatic carbocycles. The van der Waals surface area contributed by atoms with Gasteiger partial charge >= 0.3 is 6.09 Å². The lowest BCUT2D eigenvalue weighted by Gasteiger charge is -2.28. The summed E-state index contributed by atoms with van der Waals surface area (Å²) in [6.45, 7) is 8.76. The van der Waals surface area contributed by atoms with Gasteiger partial charge in [-0.1, -0.05) is 13.3 Å². The Bertz CT molecular complexity index is 220. The fourth-order valence-electron chi connectivity index (χ4n) is 2.03. The summed E-state index contributed by atoms with van der Waals surface area (Å²) < 4.78 is 5.39. The van der Waals surface area contributed by atoms with Crippen LogP contribution in [0.2, 0.25) is 0 Å². The second-order valence-electron chi connectivity index (χ2n) is 5.26. The molecule has 0 N–H and O–H groups in total. The van der Waals surface area contributed by atoms with Crippen LogP contribution < -0.4 is 0 Å². The normalized spacial score (nSPS) is 21.9. The zero-order chi connectivity index (χ0) is 11.5. The predicted molar refractivity (Wildman–Crippen MR) is 60.9 cm³/mol. The third-order valence-electron chi connectivity index (χ3n) is 2.63. The van der Waals surface area contributed by atoms with Gasteiger partial charge in [0, 0.05) is 12.6 Å². The number of amides is 1. The number of likely N-dealkylation sites (tertiary alicyclic amines) is 1. The van der Waals surface area contributed by atoms with E-state index in [2.05, 4.69) is 6.92 Å². The fourth-order valence-corrected chi connectivity index (χ4v) is 2.03. The minimum absolute atomic E-state index is 0.140. The molecule has 0 radical (unpaired) electrons. The second kappa shape index (κ2) is 4.86. The molecular weight excluding hydrogens is 190 g/mol. The Morgan fingerprint density at radius 2 is 2.13 bits per heavy atom. The Morgan fingerprint density at radius 1 is 1.47 bits per heavy atom. The van der Waals surface area contributed by atoms with Crippen LogP contribution in [0.25, 0.3) is 0 Å². The van der Waals surface area contributed by atoms with Crippen molar-refractivity contribution < 1.29 is 9.53 Å². The number of nitrogens with zero attached hydrogens (tertiary/aromatic N) is 1. The summed E-state index contributed by atoms with van der Waals surface area (Å²) in [7, 11) is 0. The minimum Gasteiger partial charge on any atom is -0.444 e.